The summed E-state index contributed by atoms with van der Waals surface area (Å²) in [5.41, 5.74) is 0.544. The Morgan fingerprint density at radius 1 is 1.24 bits per heavy atom. The molecule has 130 valence electrons. The smallest absolute Gasteiger partial charge is 0.253 e. The second-order valence-electron chi connectivity index (χ2n) is 5.88. The first-order valence-electron chi connectivity index (χ1n) is 7.98. The summed E-state index contributed by atoms with van der Waals surface area (Å²) in [6.07, 6.45) is 2.98. The zero-order chi connectivity index (χ0) is 18.0. The van der Waals surface area contributed by atoms with Gasteiger partial charge in [0.25, 0.3) is 5.91 Å². The first-order valence-corrected chi connectivity index (χ1v) is 7.98. The van der Waals surface area contributed by atoms with Crippen LogP contribution < -0.4 is 10.2 Å². The Hall–Kier alpha value is -2.83. The highest BCUT2D eigenvalue weighted by Crippen LogP contribution is 2.26. The van der Waals surface area contributed by atoms with E-state index in [-0.39, 0.29) is 11.5 Å². The van der Waals surface area contributed by atoms with Gasteiger partial charge in [-0.3, -0.25) is 14.6 Å². The van der Waals surface area contributed by atoms with Crippen LogP contribution in [0.25, 0.3) is 0 Å². The molecule has 2 heterocycles. The molecule has 0 spiro atoms. The maximum Gasteiger partial charge on any atom is 0.253 e. The third-order valence-corrected chi connectivity index (χ3v) is 4.18. The van der Waals surface area contributed by atoms with Gasteiger partial charge in [0.2, 0.25) is 5.91 Å². The van der Waals surface area contributed by atoms with Crippen LogP contribution >= 0.6 is 0 Å². The molecule has 1 saturated heterocycles. The molecule has 5 nitrogen and oxygen atoms in total. The molecule has 1 aromatic carbocycles. The fourth-order valence-corrected chi connectivity index (χ4v) is 2.99. The lowest BCUT2D eigenvalue weighted by atomic mass is 10.1. The molecule has 1 aromatic heterocycles. The monoisotopic (exact) mass is 345 g/mol. The van der Waals surface area contributed by atoms with Crippen LogP contribution in [-0.4, -0.2) is 23.3 Å². The number of hydrogen-bond acceptors (Lipinski definition) is 3. The minimum Gasteiger partial charge on any atom is -0.345 e. The highest BCUT2D eigenvalue weighted by molar-refractivity contribution is 6.05. The van der Waals surface area contributed by atoms with Gasteiger partial charge in [0, 0.05) is 18.5 Å². The van der Waals surface area contributed by atoms with Crippen molar-refractivity contribution < 1.29 is 18.4 Å². The van der Waals surface area contributed by atoms with Crippen molar-refractivity contribution in [3.05, 3.63) is 59.4 Å². The van der Waals surface area contributed by atoms with E-state index in [0.29, 0.717) is 24.2 Å². The van der Waals surface area contributed by atoms with E-state index >= 15 is 0 Å². The third-order valence-electron chi connectivity index (χ3n) is 4.18. The van der Waals surface area contributed by atoms with E-state index in [2.05, 4.69) is 10.3 Å². The lowest BCUT2D eigenvalue weighted by molar-refractivity contribution is -0.117. The summed E-state index contributed by atoms with van der Waals surface area (Å²) in [5, 5.41) is 2.59. The fourth-order valence-electron chi connectivity index (χ4n) is 2.99. The molecule has 0 saturated carbocycles. The van der Waals surface area contributed by atoms with Gasteiger partial charge < -0.3 is 10.2 Å². The van der Waals surface area contributed by atoms with Gasteiger partial charge in [0.05, 0.1) is 29.7 Å². The molecule has 1 fully saturated rings. The first kappa shape index (κ1) is 17.0. The van der Waals surface area contributed by atoms with Crippen LogP contribution in [0.5, 0.6) is 0 Å². The number of nitrogens with one attached hydrogen (secondary N) is 1. The van der Waals surface area contributed by atoms with Gasteiger partial charge in [-0.25, -0.2) is 8.78 Å². The number of pyridine rings is 1. The van der Waals surface area contributed by atoms with E-state index in [1.165, 1.54) is 6.92 Å². The lowest BCUT2D eigenvalue weighted by Gasteiger charge is -2.21. The molecule has 0 aliphatic carbocycles. The van der Waals surface area contributed by atoms with E-state index in [0.717, 1.165) is 18.8 Å². The van der Waals surface area contributed by atoms with Gasteiger partial charge in [0.15, 0.2) is 0 Å². The van der Waals surface area contributed by atoms with Crippen molar-refractivity contribution in [2.24, 2.45) is 0 Å². The number of rotatable bonds is 4. The molecular weight excluding hydrogens is 328 g/mol. The van der Waals surface area contributed by atoms with E-state index in [1.807, 2.05) is 0 Å². The Bertz CT molecular complexity index is 805. The summed E-state index contributed by atoms with van der Waals surface area (Å²) in [7, 11) is 0. The minimum absolute atomic E-state index is 0.0421. The zero-order valence-electron chi connectivity index (χ0n) is 13.6. The van der Waals surface area contributed by atoms with Gasteiger partial charge in [-0.1, -0.05) is 12.1 Å². The van der Waals surface area contributed by atoms with E-state index < -0.39 is 23.6 Å². The summed E-state index contributed by atoms with van der Waals surface area (Å²) in [6, 6.07) is 5.80. The molecule has 0 radical (unpaired) electrons. The molecule has 7 heteroatoms. The van der Waals surface area contributed by atoms with Crippen molar-refractivity contribution in [2.75, 3.05) is 11.4 Å². The molecule has 1 aliphatic heterocycles. The SMILES string of the molecule is CC(NC(=O)c1ccccc1N1CCCC1=O)c1c(F)cncc1F. The summed E-state index contributed by atoms with van der Waals surface area (Å²) in [5.74, 6) is -2.19. The zero-order valence-corrected chi connectivity index (χ0v) is 13.6. The number of benzene rings is 1. The van der Waals surface area contributed by atoms with Crippen LogP contribution in [0.15, 0.2) is 36.7 Å². The standard InChI is InChI=1S/C18H17F2N3O2/c1-11(17-13(19)9-21-10-14(17)20)22-18(25)12-5-2-3-6-15(12)23-8-4-7-16(23)24/h2-3,5-6,9-11H,4,7-8H2,1H3,(H,22,25). The normalized spacial score (nSPS) is 15.3. The molecule has 25 heavy (non-hydrogen) atoms. The second-order valence-corrected chi connectivity index (χ2v) is 5.88. The molecule has 1 atom stereocenters. The number of aromatic nitrogens is 1. The van der Waals surface area contributed by atoms with Crippen LogP contribution in [0.4, 0.5) is 14.5 Å². The van der Waals surface area contributed by atoms with Crippen LogP contribution in [0.2, 0.25) is 0 Å². The largest absolute Gasteiger partial charge is 0.345 e. The van der Waals surface area contributed by atoms with E-state index in [9.17, 15) is 18.4 Å². The van der Waals surface area contributed by atoms with Crippen LogP contribution in [-0.2, 0) is 4.79 Å². The topological polar surface area (TPSA) is 62.3 Å². The minimum atomic E-state index is -0.891. The molecular formula is C18H17F2N3O2. The number of carbonyl (C=O) groups is 2. The van der Waals surface area contributed by atoms with Gasteiger partial charge in [0.1, 0.15) is 11.6 Å². The molecule has 2 aromatic rings. The van der Waals surface area contributed by atoms with Crippen molar-refractivity contribution in [3.63, 3.8) is 0 Å². The van der Waals surface area contributed by atoms with Crippen molar-refractivity contribution in [1.82, 2.24) is 10.3 Å². The van der Waals surface area contributed by atoms with Crippen LogP contribution in [0.3, 0.4) is 0 Å². The first-order chi connectivity index (χ1) is 12.0. The predicted molar refractivity (Wildman–Crippen MR) is 88.1 cm³/mol. The van der Waals surface area contributed by atoms with Crippen molar-refractivity contribution in [2.45, 2.75) is 25.8 Å². The van der Waals surface area contributed by atoms with Gasteiger partial charge in [-0.2, -0.15) is 0 Å². The van der Waals surface area contributed by atoms with Crippen molar-refractivity contribution in [1.29, 1.82) is 0 Å². The summed E-state index contributed by atoms with van der Waals surface area (Å²) in [4.78, 5) is 29.6. The van der Waals surface area contributed by atoms with Crippen LogP contribution in [0, 0.1) is 11.6 Å². The highest BCUT2D eigenvalue weighted by atomic mass is 19.1. The lowest BCUT2D eigenvalue weighted by Crippen LogP contribution is -2.31. The molecule has 2 amide bonds. The number of halogens is 2. The number of anilines is 1. The summed E-state index contributed by atoms with van der Waals surface area (Å²) in [6.45, 7) is 2.04. The number of nitrogens with zero attached hydrogens (tertiary/aromatic N) is 2. The second kappa shape index (κ2) is 6.96. The maximum absolute atomic E-state index is 13.8. The number of amides is 2. The molecule has 0 bridgehead atoms. The molecule has 1 unspecified atom stereocenters. The summed E-state index contributed by atoms with van der Waals surface area (Å²) >= 11 is 0. The Balaban J connectivity index is 1.86. The highest BCUT2D eigenvalue weighted by Gasteiger charge is 2.26. The third kappa shape index (κ3) is 3.35. The van der Waals surface area contributed by atoms with E-state index in [4.69, 9.17) is 0 Å². The molecule has 3 rings (SSSR count). The average Bonchev–Trinajstić information content (AvgIpc) is 3.00. The Morgan fingerprint density at radius 2 is 1.92 bits per heavy atom. The number of hydrogen-bond donors (Lipinski definition) is 1. The average molecular weight is 345 g/mol. The molecule has 1 N–H and O–H groups in total. The van der Waals surface area contributed by atoms with Crippen molar-refractivity contribution >= 4 is 17.5 Å². The number of carbonyl (C=O) groups excluding carboxylic acids is 2. The summed E-state index contributed by atoms with van der Waals surface area (Å²) < 4.78 is 27.6. The van der Waals surface area contributed by atoms with Gasteiger partial charge in [-0.15, -0.1) is 0 Å². The Labute approximate surface area is 143 Å². The Morgan fingerprint density at radius 3 is 2.56 bits per heavy atom. The maximum atomic E-state index is 13.8. The van der Waals surface area contributed by atoms with Gasteiger partial charge >= 0.3 is 0 Å². The predicted octanol–water partition coefficient (Wildman–Crippen LogP) is 2.98. The number of para-hydroxylation sites is 1. The Kier molecular flexibility index (Phi) is 4.74. The van der Waals surface area contributed by atoms with Gasteiger partial charge in [-0.05, 0) is 25.5 Å². The quantitative estimate of drug-likeness (QED) is 0.927. The van der Waals surface area contributed by atoms with E-state index in [1.54, 1.807) is 29.2 Å². The van der Waals surface area contributed by atoms with Crippen molar-refractivity contribution in [3.8, 4) is 0 Å². The fraction of sp³-hybridized carbons (Fsp3) is 0.278. The van der Waals surface area contributed by atoms with Crippen LogP contribution in [0.1, 0.15) is 41.7 Å². The molecule has 1 aliphatic rings.